The second kappa shape index (κ2) is 9.08. The summed E-state index contributed by atoms with van der Waals surface area (Å²) in [6, 6.07) is 18.9. The van der Waals surface area contributed by atoms with Crippen LogP contribution >= 0.6 is 15.9 Å². The number of anilines is 2. The molecule has 3 aromatic carbocycles. The average molecular weight is 529 g/mol. The second-order valence-corrected chi connectivity index (χ2v) is 9.48. The third kappa shape index (κ3) is 4.91. The highest BCUT2D eigenvalue weighted by molar-refractivity contribution is 9.10. The van der Waals surface area contributed by atoms with E-state index in [1.54, 1.807) is 48.5 Å². The first kappa shape index (κ1) is 22.6. The second-order valence-electron chi connectivity index (χ2n) is 6.92. The Balaban J connectivity index is 1.65. The predicted molar refractivity (Wildman–Crippen MR) is 128 cm³/mol. The molecule has 10 heteroatoms. The molecule has 0 saturated heterocycles. The lowest BCUT2D eigenvalue weighted by Crippen LogP contribution is -2.21. The molecule has 0 bridgehead atoms. The van der Waals surface area contributed by atoms with Gasteiger partial charge in [-0.3, -0.25) is 9.52 Å². The number of halogens is 1. The lowest BCUT2D eigenvalue weighted by atomic mass is 10.1. The van der Waals surface area contributed by atoms with Gasteiger partial charge in [-0.15, -0.1) is 0 Å². The largest absolute Gasteiger partial charge is 0.495 e. The van der Waals surface area contributed by atoms with Crippen LogP contribution in [0.3, 0.4) is 0 Å². The third-order valence-electron chi connectivity index (χ3n) is 4.69. The van der Waals surface area contributed by atoms with Gasteiger partial charge in [0.2, 0.25) is 0 Å². The molecule has 0 radical (unpaired) electrons. The number of hydrogen-bond donors (Lipinski definition) is 2. The normalized spacial score (nSPS) is 11.2. The predicted octanol–water partition coefficient (Wildman–Crippen LogP) is 4.62. The van der Waals surface area contributed by atoms with Crippen LogP contribution < -0.4 is 20.4 Å². The molecular formula is C23H17BrN2O6S. The molecule has 0 aliphatic rings. The van der Waals surface area contributed by atoms with E-state index in [4.69, 9.17) is 9.15 Å². The van der Waals surface area contributed by atoms with Crippen LogP contribution in [0, 0.1) is 0 Å². The Kier molecular flexibility index (Phi) is 6.21. The lowest BCUT2D eigenvalue weighted by molar-refractivity contribution is 0.102. The summed E-state index contributed by atoms with van der Waals surface area (Å²) in [7, 11) is -2.71. The molecule has 0 atom stereocenters. The zero-order chi connectivity index (χ0) is 23.6. The van der Waals surface area contributed by atoms with Crippen molar-refractivity contribution in [3.05, 3.63) is 93.3 Å². The minimum absolute atomic E-state index is 0.0860. The number of ether oxygens (including phenoxy) is 1. The highest BCUT2D eigenvalue weighted by Gasteiger charge is 2.22. The van der Waals surface area contributed by atoms with E-state index in [1.807, 2.05) is 0 Å². The summed E-state index contributed by atoms with van der Waals surface area (Å²) in [5.41, 5.74) is -0.143. The van der Waals surface area contributed by atoms with Crippen molar-refractivity contribution in [1.82, 2.24) is 0 Å². The maximum Gasteiger partial charge on any atom is 0.349 e. The molecule has 0 spiro atoms. The Hall–Kier alpha value is -3.63. The first-order chi connectivity index (χ1) is 15.8. The fraction of sp³-hybridized carbons (Fsp3) is 0.0435. The van der Waals surface area contributed by atoms with Gasteiger partial charge in [0.05, 0.1) is 7.11 Å². The van der Waals surface area contributed by atoms with E-state index in [0.717, 1.165) is 4.47 Å². The van der Waals surface area contributed by atoms with Gasteiger partial charge in [0.15, 0.2) is 0 Å². The zero-order valence-corrected chi connectivity index (χ0v) is 19.6. The van der Waals surface area contributed by atoms with Gasteiger partial charge in [0.1, 0.15) is 21.8 Å². The molecular weight excluding hydrogens is 512 g/mol. The maximum atomic E-state index is 13.0. The number of carbonyl (C=O) groups is 1. The van der Waals surface area contributed by atoms with Crippen LogP contribution in [0.4, 0.5) is 11.4 Å². The molecule has 168 valence electrons. The van der Waals surface area contributed by atoms with Crippen LogP contribution in [-0.2, 0) is 10.0 Å². The molecule has 1 heterocycles. The minimum Gasteiger partial charge on any atom is -0.495 e. The number of rotatable bonds is 6. The molecule has 0 unspecified atom stereocenters. The molecule has 8 nitrogen and oxygen atoms in total. The number of amides is 1. The Bertz CT molecular complexity index is 1510. The average Bonchev–Trinajstić information content (AvgIpc) is 2.80. The van der Waals surface area contributed by atoms with Crippen LogP contribution in [-0.4, -0.2) is 21.4 Å². The van der Waals surface area contributed by atoms with Crippen molar-refractivity contribution in [2.75, 3.05) is 17.1 Å². The van der Waals surface area contributed by atoms with Gasteiger partial charge < -0.3 is 14.5 Å². The lowest BCUT2D eigenvalue weighted by Gasteiger charge is -2.14. The highest BCUT2D eigenvalue weighted by atomic mass is 79.9. The van der Waals surface area contributed by atoms with E-state index < -0.39 is 21.6 Å². The molecule has 0 saturated carbocycles. The van der Waals surface area contributed by atoms with E-state index in [1.165, 1.54) is 31.4 Å². The number of benzene rings is 3. The number of fused-ring (bicyclic) bond motifs is 1. The number of carbonyl (C=O) groups excluding carboxylic acids is 1. The molecule has 1 amide bonds. The van der Waals surface area contributed by atoms with Crippen LogP contribution in [0.1, 0.15) is 10.4 Å². The molecule has 0 aliphatic carbocycles. The number of hydrogen-bond acceptors (Lipinski definition) is 6. The SMILES string of the molecule is COc1ccc(NC(=O)c2cc3ccccc3oc2=O)cc1S(=O)(=O)Nc1ccc(Br)cc1. The van der Waals surface area contributed by atoms with Gasteiger partial charge in [-0.05, 0) is 54.6 Å². The number of nitrogens with one attached hydrogen (secondary N) is 2. The van der Waals surface area contributed by atoms with Crippen molar-refractivity contribution >= 4 is 54.2 Å². The number of sulfonamides is 1. The smallest absolute Gasteiger partial charge is 0.349 e. The summed E-state index contributed by atoms with van der Waals surface area (Å²) in [5, 5.41) is 3.13. The standard InChI is InChI=1S/C23H17BrN2O6S/c1-31-20-11-10-17(13-21(20)33(29,30)26-16-8-6-15(24)7-9-16)25-22(27)18-12-14-4-2-3-5-19(14)32-23(18)28/h2-13,26H,1H3,(H,25,27). The highest BCUT2D eigenvalue weighted by Crippen LogP contribution is 2.29. The molecule has 0 aliphatic heterocycles. The van der Waals surface area contributed by atoms with E-state index in [-0.39, 0.29) is 21.9 Å². The van der Waals surface area contributed by atoms with Gasteiger partial charge in [-0.25, -0.2) is 13.2 Å². The van der Waals surface area contributed by atoms with Gasteiger partial charge in [-0.1, -0.05) is 34.1 Å². The fourth-order valence-electron chi connectivity index (χ4n) is 3.11. The summed E-state index contributed by atoms with van der Waals surface area (Å²) < 4.78 is 39.6. The Morgan fingerprint density at radius 3 is 2.39 bits per heavy atom. The minimum atomic E-state index is -4.05. The van der Waals surface area contributed by atoms with Crippen LogP contribution in [0.2, 0.25) is 0 Å². The molecule has 4 rings (SSSR count). The van der Waals surface area contributed by atoms with Crippen molar-refractivity contribution < 1.29 is 22.4 Å². The molecule has 33 heavy (non-hydrogen) atoms. The summed E-state index contributed by atoms with van der Waals surface area (Å²) in [5.74, 6) is -0.647. The Morgan fingerprint density at radius 2 is 1.67 bits per heavy atom. The first-order valence-electron chi connectivity index (χ1n) is 9.57. The van der Waals surface area contributed by atoms with Crippen molar-refractivity contribution in [3.63, 3.8) is 0 Å². The van der Waals surface area contributed by atoms with Gasteiger partial charge in [0, 0.05) is 21.2 Å². The summed E-state index contributed by atoms with van der Waals surface area (Å²) >= 11 is 3.30. The molecule has 0 fully saturated rings. The van der Waals surface area contributed by atoms with Crippen LogP contribution in [0.5, 0.6) is 5.75 Å². The van der Waals surface area contributed by atoms with E-state index in [9.17, 15) is 18.0 Å². The molecule has 2 N–H and O–H groups in total. The number of methoxy groups -OCH3 is 1. The zero-order valence-electron chi connectivity index (χ0n) is 17.2. The topological polar surface area (TPSA) is 115 Å². The summed E-state index contributed by atoms with van der Waals surface area (Å²) in [4.78, 5) is 24.8. The van der Waals surface area contributed by atoms with Crippen LogP contribution in [0.25, 0.3) is 11.0 Å². The number of para-hydroxylation sites is 1. The van der Waals surface area contributed by atoms with E-state index >= 15 is 0 Å². The van der Waals surface area contributed by atoms with E-state index in [2.05, 4.69) is 26.0 Å². The third-order valence-corrected chi connectivity index (χ3v) is 6.62. The summed E-state index contributed by atoms with van der Waals surface area (Å²) in [6.45, 7) is 0. The van der Waals surface area contributed by atoms with Crippen molar-refractivity contribution in [1.29, 1.82) is 0 Å². The fourth-order valence-corrected chi connectivity index (χ4v) is 4.63. The van der Waals surface area contributed by atoms with Crippen molar-refractivity contribution in [2.24, 2.45) is 0 Å². The van der Waals surface area contributed by atoms with E-state index in [0.29, 0.717) is 16.7 Å². The Morgan fingerprint density at radius 1 is 0.970 bits per heavy atom. The monoisotopic (exact) mass is 528 g/mol. The molecule has 1 aromatic heterocycles. The maximum absolute atomic E-state index is 13.0. The van der Waals surface area contributed by atoms with Crippen molar-refractivity contribution in [2.45, 2.75) is 4.90 Å². The van der Waals surface area contributed by atoms with Crippen molar-refractivity contribution in [3.8, 4) is 5.75 Å². The molecule has 4 aromatic rings. The summed E-state index contributed by atoms with van der Waals surface area (Å²) in [6.07, 6.45) is 0. The van der Waals surface area contributed by atoms with Gasteiger partial charge >= 0.3 is 5.63 Å². The quantitative estimate of drug-likeness (QED) is 0.353. The van der Waals surface area contributed by atoms with Gasteiger partial charge in [0.25, 0.3) is 15.9 Å². The first-order valence-corrected chi connectivity index (χ1v) is 11.8. The van der Waals surface area contributed by atoms with Crippen LogP contribution in [0.15, 0.2) is 91.4 Å². The Labute approximate surface area is 197 Å². The van der Waals surface area contributed by atoms with Gasteiger partial charge in [-0.2, -0.15) is 0 Å².